The van der Waals surface area contributed by atoms with E-state index in [2.05, 4.69) is 30.8 Å². The van der Waals surface area contributed by atoms with Crippen LogP contribution in [0.3, 0.4) is 0 Å². The van der Waals surface area contributed by atoms with Gasteiger partial charge in [0.15, 0.2) is 0 Å². The standard InChI is InChI=1S/C14H23NO3/c1-10-12(13(16)17-5)8-11(18-10)9-15-7-6-14(2,3)4/h8,15H,6-7,9H2,1-5H3. The zero-order valence-electron chi connectivity index (χ0n) is 11.9. The van der Waals surface area contributed by atoms with Gasteiger partial charge in [0.2, 0.25) is 0 Å². The summed E-state index contributed by atoms with van der Waals surface area (Å²) < 4.78 is 10.2. The number of carbonyl (C=O) groups is 1. The van der Waals surface area contributed by atoms with Crippen LogP contribution in [0.1, 0.15) is 49.1 Å². The number of hydrogen-bond acceptors (Lipinski definition) is 4. The first-order chi connectivity index (χ1) is 8.33. The number of furan rings is 1. The Bertz CT molecular complexity index is 402. The fourth-order valence-corrected chi connectivity index (χ4v) is 1.62. The molecule has 1 N–H and O–H groups in total. The highest BCUT2D eigenvalue weighted by molar-refractivity contribution is 5.90. The van der Waals surface area contributed by atoms with Crippen LogP contribution in [0.25, 0.3) is 0 Å². The van der Waals surface area contributed by atoms with Crippen molar-refractivity contribution in [3.05, 3.63) is 23.2 Å². The zero-order valence-corrected chi connectivity index (χ0v) is 11.9. The molecule has 0 unspecified atom stereocenters. The SMILES string of the molecule is COC(=O)c1cc(CNCCC(C)(C)C)oc1C. The van der Waals surface area contributed by atoms with Crippen molar-refractivity contribution >= 4 is 5.97 Å². The molecule has 0 saturated heterocycles. The molecule has 102 valence electrons. The Morgan fingerprint density at radius 1 is 1.44 bits per heavy atom. The molecule has 0 saturated carbocycles. The van der Waals surface area contributed by atoms with Gasteiger partial charge in [0.05, 0.1) is 13.7 Å². The van der Waals surface area contributed by atoms with Gasteiger partial charge in [-0.25, -0.2) is 4.79 Å². The number of methoxy groups -OCH3 is 1. The lowest BCUT2D eigenvalue weighted by atomic mass is 9.92. The first kappa shape index (κ1) is 14.8. The molecule has 0 amide bonds. The van der Waals surface area contributed by atoms with E-state index in [0.717, 1.165) is 18.7 Å². The third-order valence-electron chi connectivity index (χ3n) is 2.73. The minimum Gasteiger partial charge on any atom is -0.465 e. The normalized spacial score (nSPS) is 11.6. The van der Waals surface area contributed by atoms with Crippen LogP contribution in [0.15, 0.2) is 10.5 Å². The molecular formula is C14H23NO3. The highest BCUT2D eigenvalue weighted by Gasteiger charge is 2.15. The molecule has 0 radical (unpaired) electrons. The van der Waals surface area contributed by atoms with Gasteiger partial charge in [0, 0.05) is 0 Å². The summed E-state index contributed by atoms with van der Waals surface area (Å²) in [5.41, 5.74) is 0.827. The minimum absolute atomic E-state index is 0.323. The van der Waals surface area contributed by atoms with Crippen molar-refractivity contribution in [3.63, 3.8) is 0 Å². The molecule has 0 aliphatic heterocycles. The molecule has 1 heterocycles. The summed E-state index contributed by atoms with van der Waals surface area (Å²) in [5, 5.41) is 3.31. The molecule has 1 rings (SSSR count). The van der Waals surface area contributed by atoms with Crippen LogP contribution in [0.2, 0.25) is 0 Å². The second-order valence-corrected chi connectivity index (χ2v) is 5.66. The van der Waals surface area contributed by atoms with Gasteiger partial charge in [-0.2, -0.15) is 0 Å². The van der Waals surface area contributed by atoms with Crippen molar-refractivity contribution < 1.29 is 13.9 Å². The molecule has 0 atom stereocenters. The van der Waals surface area contributed by atoms with Crippen molar-refractivity contribution in [2.75, 3.05) is 13.7 Å². The number of hydrogen-bond donors (Lipinski definition) is 1. The van der Waals surface area contributed by atoms with E-state index in [1.54, 1.807) is 13.0 Å². The van der Waals surface area contributed by atoms with Gasteiger partial charge in [0.1, 0.15) is 17.1 Å². The molecule has 4 nitrogen and oxygen atoms in total. The smallest absolute Gasteiger partial charge is 0.341 e. The van der Waals surface area contributed by atoms with Gasteiger partial charge in [0.25, 0.3) is 0 Å². The molecule has 0 aromatic carbocycles. The van der Waals surface area contributed by atoms with Crippen LogP contribution >= 0.6 is 0 Å². The summed E-state index contributed by atoms with van der Waals surface area (Å²) in [6.07, 6.45) is 1.09. The molecule has 1 aromatic heterocycles. The second-order valence-electron chi connectivity index (χ2n) is 5.66. The largest absolute Gasteiger partial charge is 0.465 e. The fraction of sp³-hybridized carbons (Fsp3) is 0.643. The van der Waals surface area contributed by atoms with E-state index in [1.807, 2.05) is 0 Å². The van der Waals surface area contributed by atoms with E-state index in [1.165, 1.54) is 7.11 Å². The topological polar surface area (TPSA) is 51.5 Å². The van der Waals surface area contributed by atoms with Gasteiger partial charge >= 0.3 is 5.97 Å². The number of rotatable bonds is 5. The Labute approximate surface area is 109 Å². The van der Waals surface area contributed by atoms with E-state index in [-0.39, 0.29) is 5.97 Å². The Hall–Kier alpha value is -1.29. The maximum absolute atomic E-state index is 11.4. The maximum Gasteiger partial charge on any atom is 0.341 e. The van der Waals surface area contributed by atoms with E-state index < -0.39 is 0 Å². The quantitative estimate of drug-likeness (QED) is 0.647. The lowest BCUT2D eigenvalue weighted by molar-refractivity contribution is 0.0599. The number of ether oxygens (including phenoxy) is 1. The highest BCUT2D eigenvalue weighted by Crippen LogP contribution is 2.18. The van der Waals surface area contributed by atoms with E-state index in [0.29, 0.717) is 23.3 Å². The molecule has 4 heteroatoms. The van der Waals surface area contributed by atoms with Gasteiger partial charge in [-0.1, -0.05) is 20.8 Å². The van der Waals surface area contributed by atoms with Crippen LogP contribution in [0.5, 0.6) is 0 Å². The van der Waals surface area contributed by atoms with E-state index in [9.17, 15) is 4.79 Å². The van der Waals surface area contributed by atoms with Crippen LogP contribution < -0.4 is 5.32 Å². The molecule has 18 heavy (non-hydrogen) atoms. The van der Waals surface area contributed by atoms with Crippen LogP contribution in [-0.2, 0) is 11.3 Å². The lowest BCUT2D eigenvalue weighted by Crippen LogP contribution is -2.19. The number of nitrogens with one attached hydrogen (secondary N) is 1. The summed E-state index contributed by atoms with van der Waals surface area (Å²) in [6, 6.07) is 1.74. The predicted molar refractivity (Wildman–Crippen MR) is 70.6 cm³/mol. The van der Waals surface area contributed by atoms with Gasteiger partial charge in [-0.15, -0.1) is 0 Å². The number of aryl methyl sites for hydroxylation is 1. The number of esters is 1. The second kappa shape index (κ2) is 6.05. The first-order valence-electron chi connectivity index (χ1n) is 6.22. The molecule has 0 spiro atoms. The Morgan fingerprint density at radius 3 is 2.67 bits per heavy atom. The minimum atomic E-state index is -0.350. The molecule has 0 aliphatic carbocycles. The average Bonchev–Trinajstić information content (AvgIpc) is 2.64. The van der Waals surface area contributed by atoms with E-state index in [4.69, 9.17) is 4.42 Å². The maximum atomic E-state index is 11.4. The number of carbonyl (C=O) groups excluding carboxylic acids is 1. The third kappa shape index (κ3) is 4.53. The van der Waals surface area contributed by atoms with Crippen LogP contribution in [-0.4, -0.2) is 19.6 Å². The van der Waals surface area contributed by atoms with Crippen molar-refractivity contribution in [1.82, 2.24) is 5.32 Å². The summed E-state index contributed by atoms with van der Waals surface area (Å²) >= 11 is 0. The fourth-order valence-electron chi connectivity index (χ4n) is 1.62. The Balaban J connectivity index is 2.47. The molecule has 1 aromatic rings. The van der Waals surface area contributed by atoms with Gasteiger partial charge in [-0.3, -0.25) is 0 Å². The Morgan fingerprint density at radius 2 is 2.11 bits per heavy atom. The van der Waals surface area contributed by atoms with Crippen molar-refractivity contribution in [1.29, 1.82) is 0 Å². The Kier molecular flexibility index (Phi) is 4.96. The molecule has 0 fully saturated rings. The van der Waals surface area contributed by atoms with Gasteiger partial charge < -0.3 is 14.5 Å². The third-order valence-corrected chi connectivity index (χ3v) is 2.73. The lowest BCUT2D eigenvalue weighted by Gasteiger charge is -2.17. The highest BCUT2D eigenvalue weighted by atomic mass is 16.5. The molecular weight excluding hydrogens is 230 g/mol. The summed E-state index contributed by atoms with van der Waals surface area (Å²) in [6.45, 7) is 9.96. The van der Waals surface area contributed by atoms with Crippen molar-refractivity contribution in [2.45, 2.75) is 40.7 Å². The van der Waals surface area contributed by atoms with E-state index >= 15 is 0 Å². The summed E-state index contributed by atoms with van der Waals surface area (Å²) in [7, 11) is 1.37. The zero-order chi connectivity index (χ0) is 13.8. The van der Waals surface area contributed by atoms with Gasteiger partial charge in [-0.05, 0) is 31.4 Å². The van der Waals surface area contributed by atoms with Crippen LogP contribution in [0.4, 0.5) is 0 Å². The van der Waals surface area contributed by atoms with Crippen molar-refractivity contribution in [3.8, 4) is 0 Å². The average molecular weight is 253 g/mol. The summed E-state index contributed by atoms with van der Waals surface area (Å²) in [5.74, 6) is 1.02. The summed E-state index contributed by atoms with van der Waals surface area (Å²) in [4.78, 5) is 11.4. The monoisotopic (exact) mass is 253 g/mol. The first-order valence-corrected chi connectivity index (χ1v) is 6.22. The van der Waals surface area contributed by atoms with Crippen molar-refractivity contribution in [2.24, 2.45) is 5.41 Å². The molecule has 0 aliphatic rings. The molecule has 0 bridgehead atoms. The van der Waals surface area contributed by atoms with Crippen LogP contribution in [0, 0.1) is 12.3 Å². The predicted octanol–water partition coefficient (Wildman–Crippen LogP) is 2.90.